The number of hydrogen-bond donors (Lipinski definition) is 1. The van der Waals surface area contributed by atoms with Gasteiger partial charge >= 0.3 is 0 Å². The van der Waals surface area contributed by atoms with Crippen molar-refractivity contribution in [2.24, 2.45) is 0 Å². The van der Waals surface area contributed by atoms with Crippen molar-refractivity contribution in [3.8, 4) is 11.5 Å². The molecule has 34 heavy (non-hydrogen) atoms. The van der Waals surface area contributed by atoms with Gasteiger partial charge in [-0.1, -0.05) is 36.4 Å². The van der Waals surface area contributed by atoms with E-state index in [0.29, 0.717) is 47.2 Å². The molecule has 4 rings (SSSR count). The van der Waals surface area contributed by atoms with Crippen LogP contribution >= 0.6 is 0 Å². The van der Waals surface area contributed by atoms with Crippen molar-refractivity contribution in [2.75, 3.05) is 31.4 Å². The summed E-state index contributed by atoms with van der Waals surface area (Å²) in [6.07, 6.45) is 0.611. The summed E-state index contributed by atoms with van der Waals surface area (Å²) in [5.74, 6) is 0.748. The molecule has 0 saturated heterocycles. The largest absolute Gasteiger partial charge is 0.493 e. The van der Waals surface area contributed by atoms with E-state index in [0.717, 1.165) is 11.1 Å². The lowest BCUT2D eigenvalue weighted by Gasteiger charge is -2.29. The molecule has 0 aromatic heterocycles. The van der Waals surface area contributed by atoms with Crippen molar-refractivity contribution >= 4 is 28.3 Å². The van der Waals surface area contributed by atoms with Crippen LogP contribution in [-0.2, 0) is 28.6 Å². The maximum absolute atomic E-state index is 12.8. The van der Waals surface area contributed by atoms with Crippen LogP contribution in [0.3, 0.4) is 0 Å². The Hall–Kier alpha value is -3.65. The van der Waals surface area contributed by atoms with Crippen LogP contribution in [0.2, 0.25) is 0 Å². The second-order valence-corrected chi connectivity index (χ2v) is 9.25. The normalized spacial score (nSPS) is 14.9. The van der Waals surface area contributed by atoms with E-state index in [9.17, 15) is 13.8 Å². The highest BCUT2D eigenvalue weighted by Crippen LogP contribution is 2.31. The molecule has 8 heteroatoms. The minimum absolute atomic E-state index is 0.0588. The van der Waals surface area contributed by atoms with Gasteiger partial charge in [0.2, 0.25) is 5.91 Å². The second kappa shape index (κ2) is 10.5. The number of carbonyl (C=O) groups excluding carboxylic acids is 2. The number of benzene rings is 3. The van der Waals surface area contributed by atoms with Gasteiger partial charge in [-0.15, -0.1) is 0 Å². The molecule has 0 radical (unpaired) electrons. The average Bonchev–Trinajstić information content (AvgIpc) is 2.86. The number of anilines is 1. The van der Waals surface area contributed by atoms with E-state index in [1.165, 1.54) is 0 Å². The molecule has 3 aromatic rings. The van der Waals surface area contributed by atoms with Gasteiger partial charge in [0.05, 0.1) is 42.1 Å². The van der Waals surface area contributed by atoms with Crippen LogP contribution in [0.25, 0.3) is 0 Å². The highest BCUT2D eigenvalue weighted by molar-refractivity contribution is 7.86. The van der Waals surface area contributed by atoms with E-state index < -0.39 is 10.8 Å². The van der Waals surface area contributed by atoms with Crippen molar-refractivity contribution in [1.29, 1.82) is 0 Å². The van der Waals surface area contributed by atoms with E-state index in [-0.39, 0.29) is 17.6 Å². The standard InChI is InChI=1S/C26H26N2O5S/c1-32-22-10-8-18(14-23(22)33-2)12-13-27-26(30)20-9-11-24-21(15-20)28(25(29)17-34(24)31)16-19-6-4-3-5-7-19/h3-11,14-15H,12-13,16-17H2,1-2H3,(H,27,30)/t34-/m0/s1. The lowest BCUT2D eigenvalue weighted by molar-refractivity contribution is -0.116. The van der Waals surface area contributed by atoms with Crippen LogP contribution in [0.1, 0.15) is 21.5 Å². The SMILES string of the molecule is COc1ccc(CCNC(=O)c2ccc3c(c2)N(Cc2ccccc2)C(=O)C[S@@]3=O)cc1OC. The number of nitrogens with zero attached hydrogens (tertiary/aromatic N) is 1. The molecule has 0 spiro atoms. The van der Waals surface area contributed by atoms with Gasteiger partial charge in [0, 0.05) is 12.1 Å². The molecule has 0 aliphatic carbocycles. The van der Waals surface area contributed by atoms with E-state index in [1.54, 1.807) is 37.3 Å². The Morgan fingerprint density at radius 1 is 0.971 bits per heavy atom. The molecule has 0 unspecified atom stereocenters. The van der Waals surface area contributed by atoms with E-state index in [2.05, 4.69) is 5.32 Å². The summed E-state index contributed by atoms with van der Waals surface area (Å²) in [7, 11) is 1.74. The van der Waals surface area contributed by atoms with Crippen LogP contribution < -0.4 is 19.7 Å². The number of methoxy groups -OCH3 is 2. The number of amides is 2. The third-order valence-corrected chi connectivity index (χ3v) is 6.99. The lowest BCUT2D eigenvalue weighted by atomic mass is 10.1. The van der Waals surface area contributed by atoms with Gasteiger partial charge in [0.1, 0.15) is 5.75 Å². The van der Waals surface area contributed by atoms with Crippen LogP contribution in [-0.4, -0.2) is 42.5 Å². The molecule has 7 nitrogen and oxygen atoms in total. The molecule has 1 atom stereocenters. The number of rotatable bonds is 8. The minimum atomic E-state index is -1.43. The third-order valence-electron chi connectivity index (χ3n) is 5.64. The first kappa shape index (κ1) is 23.5. The van der Waals surface area contributed by atoms with E-state index >= 15 is 0 Å². The van der Waals surface area contributed by atoms with E-state index in [4.69, 9.17) is 9.47 Å². The Morgan fingerprint density at radius 2 is 1.74 bits per heavy atom. The van der Waals surface area contributed by atoms with Crippen molar-refractivity contribution in [3.05, 3.63) is 83.4 Å². The molecule has 1 aliphatic rings. The summed E-state index contributed by atoms with van der Waals surface area (Å²) in [6.45, 7) is 0.776. The number of ether oxygens (including phenoxy) is 2. The molecule has 0 saturated carbocycles. The fraction of sp³-hybridized carbons (Fsp3) is 0.231. The Labute approximate surface area is 201 Å². The molecule has 1 aliphatic heterocycles. The van der Waals surface area contributed by atoms with Gasteiger partial charge in [-0.3, -0.25) is 13.8 Å². The van der Waals surface area contributed by atoms with Crippen LogP contribution in [0.5, 0.6) is 11.5 Å². The Morgan fingerprint density at radius 3 is 2.47 bits per heavy atom. The van der Waals surface area contributed by atoms with Gasteiger partial charge in [-0.2, -0.15) is 0 Å². The molecule has 1 N–H and O–H groups in total. The molecule has 176 valence electrons. The smallest absolute Gasteiger partial charge is 0.251 e. The molecular formula is C26H26N2O5S. The van der Waals surface area contributed by atoms with Gasteiger partial charge in [0.25, 0.3) is 5.91 Å². The number of hydrogen-bond acceptors (Lipinski definition) is 5. The fourth-order valence-electron chi connectivity index (χ4n) is 3.86. The number of carbonyl (C=O) groups is 2. The summed E-state index contributed by atoms with van der Waals surface area (Å²) in [4.78, 5) is 27.7. The average molecular weight is 479 g/mol. The van der Waals surface area contributed by atoms with Gasteiger partial charge < -0.3 is 19.7 Å². The van der Waals surface area contributed by atoms with Crippen LogP contribution in [0.4, 0.5) is 5.69 Å². The first-order valence-electron chi connectivity index (χ1n) is 10.9. The molecule has 3 aromatic carbocycles. The predicted octanol–water partition coefficient (Wildman–Crippen LogP) is 3.33. The van der Waals surface area contributed by atoms with Crippen LogP contribution in [0.15, 0.2) is 71.6 Å². The van der Waals surface area contributed by atoms with Crippen molar-refractivity contribution < 1.29 is 23.3 Å². The second-order valence-electron chi connectivity index (χ2n) is 7.83. The van der Waals surface area contributed by atoms with Gasteiger partial charge in [-0.05, 0) is 47.9 Å². The molecule has 0 fully saturated rings. The fourth-order valence-corrected chi connectivity index (χ4v) is 5.02. The molecular weight excluding hydrogens is 452 g/mol. The van der Waals surface area contributed by atoms with Crippen molar-refractivity contribution in [3.63, 3.8) is 0 Å². The highest BCUT2D eigenvalue weighted by Gasteiger charge is 2.30. The maximum Gasteiger partial charge on any atom is 0.251 e. The molecule has 2 amide bonds. The van der Waals surface area contributed by atoms with Crippen molar-refractivity contribution in [1.82, 2.24) is 5.32 Å². The summed E-state index contributed by atoms with van der Waals surface area (Å²) in [6, 6.07) is 20.2. The predicted molar refractivity (Wildman–Crippen MR) is 131 cm³/mol. The van der Waals surface area contributed by atoms with Gasteiger partial charge in [-0.25, -0.2) is 0 Å². The summed E-state index contributed by atoms with van der Waals surface area (Å²) in [5.41, 5.74) is 2.89. The third kappa shape index (κ3) is 5.12. The zero-order valence-electron chi connectivity index (χ0n) is 19.1. The number of fused-ring (bicyclic) bond motifs is 1. The van der Waals surface area contributed by atoms with Crippen molar-refractivity contribution in [2.45, 2.75) is 17.9 Å². The molecule has 1 heterocycles. The first-order valence-corrected chi connectivity index (χ1v) is 12.2. The Kier molecular flexibility index (Phi) is 7.27. The Bertz CT molecular complexity index is 1230. The monoisotopic (exact) mass is 478 g/mol. The zero-order valence-corrected chi connectivity index (χ0v) is 19.9. The topological polar surface area (TPSA) is 84.9 Å². The minimum Gasteiger partial charge on any atom is -0.493 e. The van der Waals surface area contributed by atoms with E-state index in [1.807, 2.05) is 48.5 Å². The molecule has 0 bridgehead atoms. The summed E-state index contributed by atoms with van der Waals surface area (Å²) >= 11 is 0. The van der Waals surface area contributed by atoms with Gasteiger partial charge in [0.15, 0.2) is 11.5 Å². The highest BCUT2D eigenvalue weighted by atomic mass is 32.2. The lowest BCUT2D eigenvalue weighted by Crippen LogP contribution is -2.38. The summed E-state index contributed by atoms with van der Waals surface area (Å²) < 4.78 is 23.1. The number of nitrogens with one attached hydrogen (secondary N) is 1. The summed E-state index contributed by atoms with van der Waals surface area (Å²) in [5, 5.41) is 2.92. The Balaban J connectivity index is 1.48. The quantitative estimate of drug-likeness (QED) is 0.537. The maximum atomic E-state index is 12.8. The first-order chi connectivity index (χ1) is 16.5. The van der Waals surface area contributed by atoms with Crippen LogP contribution in [0, 0.1) is 0 Å². The zero-order chi connectivity index (χ0) is 24.1.